The molecule has 2 aromatic rings. The van der Waals surface area contributed by atoms with Crippen molar-refractivity contribution in [2.75, 3.05) is 0 Å². The summed E-state index contributed by atoms with van der Waals surface area (Å²) in [4.78, 5) is 30.6. The SMILES string of the molecule is CC[C@@H](NC(=O)c1cc(=O)[nH]c(C)n1)c1ccc(SF)cc1. The van der Waals surface area contributed by atoms with Crippen LogP contribution in [0.4, 0.5) is 3.89 Å². The van der Waals surface area contributed by atoms with Gasteiger partial charge in [0.2, 0.25) is 0 Å². The fraction of sp³-hybridized carbons (Fsp3) is 0.267. The third-order valence-corrected chi connectivity index (χ3v) is 3.63. The van der Waals surface area contributed by atoms with Crippen LogP contribution in [-0.2, 0) is 0 Å². The zero-order valence-electron chi connectivity index (χ0n) is 12.2. The fourth-order valence-corrected chi connectivity index (χ4v) is 2.34. The van der Waals surface area contributed by atoms with E-state index in [1.54, 1.807) is 31.2 Å². The molecule has 2 N–H and O–H groups in total. The van der Waals surface area contributed by atoms with E-state index in [1.165, 1.54) is 0 Å². The van der Waals surface area contributed by atoms with Crippen molar-refractivity contribution in [1.82, 2.24) is 15.3 Å². The van der Waals surface area contributed by atoms with Crippen LogP contribution in [0.1, 0.15) is 41.3 Å². The number of hydrogen-bond donors (Lipinski definition) is 2. The number of H-pyrrole nitrogens is 1. The summed E-state index contributed by atoms with van der Waals surface area (Å²) in [6, 6.07) is 7.79. The van der Waals surface area contributed by atoms with Gasteiger partial charge in [0.25, 0.3) is 11.5 Å². The molecule has 1 atom stereocenters. The number of aryl methyl sites for hydroxylation is 1. The van der Waals surface area contributed by atoms with Crippen molar-refractivity contribution in [1.29, 1.82) is 0 Å². The zero-order valence-corrected chi connectivity index (χ0v) is 13.0. The van der Waals surface area contributed by atoms with Gasteiger partial charge in [0.05, 0.1) is 18.2 Å². The number of amides is 1. The van der Waals surface area contributed by atoms with Crippen molar-refractivity contribution in [2.24, 2.45) is 0 Å². The minimum absolute atomic E-state index is 0.0793. The molecule has 0 radical (unpaired) electrons. The standard InChI is InChI=1S/C15H16FN3O2S/c1-3-12(10-4-6-11(22-16)7-5-10)19-15(21)13-8-14(20)18-9(2)17-13/h4-8,12H,3H2,1-2H3,(H,19,21)(H,17,18,20)/t12-/m1/s1. The number of hydrogen-bond acceptors (Lipinski definition) is 4. The zero-order chi connectivity index (χ0) is 16.1. The van der Waals surface area contributed by atoms with E-state index >= 15 is 0 Å². The largest absolute Gasteiger partial charge is 0.344 e. The molecule has 0 aliphatic carbocycles. The molecule has 1 aromatic heterocycles. The molecule has 0 spiro atoms. The van der Waals surface area contributed by atoms with E-state index in [2.05, 4.69) is 15.3 Å². The summed E-state index contributed by atoms with van der Waals surface area (Å²) < 4.78 is 12.5. The van der Waals surface area contributed by atoms with Crippen LogP contribution in [0.25, 0.3) is 0 Å². The predicted octanol–water partition coefficient (Wildman–Crippen LogP) is 2.94. The van der Waals surface area contributed by atoms with Gasteiger partial charge >= 0.3 is 0 Å². The second-order valence-electron chi connectivity index (χ2n) is 4.80. The number of nitrogens with zero attached hydrogens (tertiary/aromatic N) is 1. The van der Waals surface area contributed by atoms with Gasteiger partial charge in [0.15, 0.2) is 0 Å². The van der Waals surface area contributed by atoms with E-state index in [9.17, 15) is 13.5 Å². The molecule has 1 heterocycles. The molecule has 1 aromatic carbocycles. The minimum atomic E-state index is -0.412. The van der Waals surface area contributed by atoms with Gasteiger partial charge < -0.3 is 10.3 Å². The maximum Gasteiger partial charge on any atom is 0.270 e. The van der Waals surface area contributed by atoms with Crippen LogP contribution in [-0.4, -0.2) is 15.9 Å². The average molecular weight is 321 g/mol. The molecule has 0 aliphatic rings. The summed E-state index contributed by atoms with van der Waals surface area (Å²) in [5.74, 6) is -0.0278. The summed E-state index contributed by atoms with van der Waals surface area (Å²) in [7, 11) is 0. The van der Waals surface area contributed by atoms with Crippen molar-refractivity contribution < 1.29 is 8.68 Å². The summed E-state index contributed by atoms with van der Waals surface area (Å²) in [5, 5.41) is 2.84. The van der Waals surface area contributed by atoms with E-state index in [0.717, 1.165) is 11.6 Å². The number of carbonyl (C=O) groups is 1. The number of aromatic nitrogens is 2. The lowest BCUT2D eigenvalue weighted by Gasteiger charge is -2.17. The topological polar surface area (TPSA) is 74.8 Å². The van der Waals surface area contributed by atoms with E-state index in [-0.39, 0.29) is 29.4 Å². The van der Waals surface area contributed by atoms with Crippen LogP contribution in [0.2, 0.25) is 0 Å². The molecule has 22 heavy (non-hydrogen) atoms. The Kier molecular flexibility index (Phi) is 5.32. The summed E-state index contributed by atoms with van der Waals surface area (Å²) in [6.45, 7) is 3.54. The first-order valence-corrected chi connectivity index (χ1v) is 7.52. The van der Waals surface area contributed by atoms with Crippen molar-refractivity contribution in [3.05, 3.63) is 57.8 Å². The maximum absolute atomic E-state index is 12.5. The highest BCUT2D eigenvalue weighted by atomic mass is 32.2. The maximum atomic E-state index is 12.5. The lowest BCUT2D eigenvalue weighted by atomic mass is 10.0. The van der Waals surface area contributed by atoms with Crippen LogP contribution in [0.5, 0.6) is 0 Å². The van der Waals surface area contributed by atoms with Crippen molar-refractivity contribution in [3.63, 3.8) is 0 Å². The second kappa shape index (κ2) is 7.22. The highest BCUT2D eigenvalue weighted by Gasteiger charge is 2.16. The Hall–Kier alpha value is -2.15. The first-order chi connectivity index (χ1) is 10.5. The molecule has 2 rings (SSSR count). The van der Waals surface area contributed by atoms with Gasteiger partial charge in [-0.15, -0.1) is 0 Å². The number of aromatic amines is 1. The molecule has 1 amide bonds. The molecule has 7 heteroatoms. The van der Waals surface area contributed by atoms with Gasteiger partial charge in [-0.05, 0) is 31.0 Å². The van der Waals surface area contributed by atoms with Gasteiger partial charge in [-0.3, -0.25) is 9.59 Å². The lowest BCUT2D eigenvalue weighted by molar-refractivity contribution is 0.0930. The Morgan fingerprint density at radius 1 is 1.41 bits per heavy atom. The Labute approximate surface area is 131 Å². The molecule has 0 saturated carbocycles. The number of nitrogens with one attached hydrogen (secondary N) is 2. The molecule has 5 nitrogen and oxygen atoms in total. The molecule has 0 fully saturated rings. The molecule has 0 unspecified atom stereocenters. The average Bonchev–Trinajstić information content (AvgIpc) is 2.51. The quantitative estimate of drug-likeness (QED) is 0.888. The Morgan fingerprint density at radius 3 is 2.64 bits per heavy atom. The molecule has 116 valence electrons. The Morgan fingerprint density at radius 2 is 2.09 bits per heavy atom. The lowest BCUT2D eigenvalue weighted by Crippen LogP contribution is -2.30. The predicted molar refractivity (Wildman–Crippen MR) is 83.5 cm³/mol. The monoisotopic (exact) mass is 321 g/mol. The van der Waals surface area contributed by atoms with Crippen molar-refractivity contribution >= 4 is 18.1 Å². The van der Waals surface area contributed by atoms with E-state index < -0.39 is 5.91 Å². The number of rotatable bonds is 5. The Bertz CT molecular complexity index is 715. The number of benzene rings is 1. The van der Waals surface area contributed by atoms with Crippen LogP contribution in [0.3, 0.4) is 0 Å². The van der Waals surface area contributed by atoms with Crippen molar-refractivity contribution in [2.45, 2.75) is 31.2 Å². The fourth-order valence-electron chi connectivity index (χ4n) is 2.10. The van der Waals surface area contributed by atoms with Crippen LogP contribution in [0.15, 0.2) is 40.0 Å². The van der Waals surface area contributed by atoms with Crippen LogP contribution < -0.4 is 10.9 Å². The van der Waals surface area contributed by atoms with Crippen LogP contribution in [0, 0.1) is 6.92 Å². The number of carbonyl (C=O) groups excluding carboxylic acids is 1. The van der Waals surface area contributed by atoms with Gasteiger partial charge in [-0.25, -0.2) is 4.98 Å². The van der Waals surface area contributed by atoms with E-state index in [4.69, 9.17) is 0 Å². The first-order valence-electron chi connectivity index (χ1n) is 6.81. The summed E-state index contributed by atoms with van der Waals surface area (Å²) >= 11 is 0.175. The molecule has 0 bridgehead atoms. The molecular weight excluding hydrogens is 305 g/mol. The van der Waals surface area contributed by atoms with Gasteiger partial charge in [0, 0.05) is 11.0 Å². The first kappa shape index (κ1) is 16.2. The molecular formula is C15H16FN3O2S. The Balaban J connectivity index is 2.18. The smallest absolute Gasteiger partial charge is 0.270 e. The van der Waals surface area contributed by atoms with Gasteiger partial charge in [-0.2, -0.15) is 3.89 Å². The van der Waals surface area contributed by atoms with Crippen molar-refractivity contribution in [3.8, 4) is 0 Å². The summed E-state index contributed by atoms with van der Waals surface area (Å²) in [6.07, 6.45) is 0.663. The third kappa shape index (κ3) is 3.94. The van der Waals surface area contributed by atoms with Gasteiger partial charge in [-0.1, -0.05) is 19.1 Å². The minimum Gasteiger partial charge on any atom is -0.344 e. The normalized spacial score (nSPS) is 12.0. The second-order valence-corrected chi connectivity index (χ2v) is 5.42. The van der Waals surface area contributed by atoms with Gasteiger partial charge in [0.1, 0.15) is 11.5 Å². The molecule has 0 aliphatic heterocycles. The van der Waals surface area contributed by atoms with E-state index in [1.807, 2.05) is 6.92 Å². The highest BCUT2D eigenvalue weighted by Crippen LogP contribution is 2.23. The third-order valence-electron chi connectivity index (χ3n) is 3.18. The highest BCUT2D eigenvalue weighted by molar-refractivity contribution is 7.94. The number of halogens is 1. The molecule has 0 saturated heterocycles. The van der Waals surface area contributed by atoms with Crippen LogP contribution >= 0.6 is 12.1 Å². The van der Waals surface area contributed by atoms with E-state index in [0.29, 0.717) is 17.1 Å². The summed E-state index contributed by atoms with van der Waals surface area (Å²) in [5.41, 5.74) is 0.584.